The molecule has 2 atom stereocenters. The van der Waals surface area contributed by atoms with Crippen molar-refractivity contribution in [1.82, 2.24) is 19.8 Å². The van der Waals surface area contributed by atoms with Crippen LogP contribution >= 0.6 is 12.2 Å². The molecule has 0 aliphatic carbocycles. The molecule has 6 nitrogen and oxygen atoms in total. The van der Waals surface area contributed by atoms with Gasteiger partial charge in [-0.1, -0.05) is 6.07 Å². The minimum absolute atomic E-state index is 0.0305. The average Bonchev–Trinajstić information content (AvgIpc) is 3.21. The Kier molecular flexibility index (Phi) is 5.51. The van der Waals surface area contributed by atoms with Gasteiger partial charge in [0.05, 0.1) is 24.4 Å². The van der Waals surface area contributed by atoms with Crippen molar-refractivity contribution in [2.24, 2.45) is 0 Å². The van der Waals surface area contributed by atoms with Gasteiger partial charge in [0.25, 0.3) is 0 Å². The van der Waals surface area contributed by atoms with Crippen LogP contribution in [0.2, 0.25) is 0 Å². The number of rotatable bonds is 5. The zero-order valence-electron chi connectivity index (χ0n) is 16.2. The van der Waals surface area contributed by atoms with Crippen molar-refractivity contribution < 1.29 is 9.53 Å². The van der Waals surface area contributed by atoms with Crippen LogP contribution in [0.15, 0.2) is 42.9 Å². The number of carbonyl (C=O) groups excluding carboxylic acids is 1. The summed E-state index contributed by atoms with van der Waals surface area (Å²) in [4.78, 5) is 18.6. The SMILES string of the molecule is CCOC(=O)CN1C(=S)NC(c2ccccn2)C1c1ccn(C(C)(C)C)c1. The predicted octanol–water partition coefficient (Wildman–Crippen LogP) is 3.17. The summed E-state index contributed by atoms with van der Waals surface area (Å²) in [6.45, 7) is 8.72. The van der Waals surface area contributed by atoms with Crippen LogP contribution in [0.4, 0.5) is 0 Å². The van der Waals surface area contributed by atoms with Crippen LogP contribution in [0.3, 0.4) is 0 Å². The molecule has 144 valence electrons. The third-order valence-corrected chi connectivity index (χ3v) is 4.99. The van der Waals surface area contributed by atoms with E-state index in [1.54, 1.807) is 13.1 Å². The normalized spacial score (nSPS) is 19.9. The van der Waals surface area contributed by atoms with Crippen LogP contribution in [-0.2, 0) is 15.1 Å². The first kappa shape index (κ1) is 19.4. The van der Waals surface area contributed by atoms with Crippen LogP contribution in [-0.4, -0.2) is 38.7 Å². The zero-order chi connectivity index (χ0) is 19.6. The number of nitrogens with one attached hydrogen (secondary N) is 1. The second-order valence-electron chi connectivity index (χ2n) is 7.58. The van der Waals surface area contributed by atoms with Crippen LogP contribution in [0.25, 0.3) is 0 Å². The molecule has 0 aromatic carbocycles. The summed E-state index contributed by atoms with van der Waals surface area (Å²) in [6, 6.07) is 7.63. The Morgan fingerprint density at radius 1 is 1.33 bits per heavy atom. The van der Waals surface area contributed by atoms with Gasteiger partial charge < -0.3 is 19.5 Å². The third-order valence-electron chi connectivity index (χ3n) is 4.63. The Morgan fingerprint density at radius 3 is 2.70 bits per heavy atom. The monoisotopic (exact) mass is 386 g/mol. The fourth-order valence-electron chi connectivity index (χ4n) is 3.29. The maximum Gasteiger partial charge on any atom is 0.325 e. The Balaban J connectivity index is 1.98. The second-order valence-corrected chi connectivity index (χ2v) is 7.97. The molecule has 27 heavy (non-hydrogen) atoms. The van der Waals surface area contributed by atoms with Gasteiger partial charge in [-0.3, -0.25) is 9.78 Å². The van der Waals surface area contributed by atoms with E-state index in [9.17, 15) is 4.79 Å². The molecule has 3 heterocycles. The standard InChI is InChI=1S/C20H26N4O2S/c1-5-26-16(25)13-24-18(14-9-11-23(12-14)20(2,3)4)17(22-19(24)27)15-8-6-7-10-21-15/h6-12,17-18H,5,13H2,1-4H3,(H,22,27). The number of pyridine rings is 1. The van der Waals surface area contributed by atoms with Crippen molar-refractivity contribution in [2.75, 3.05) is 13.2 Å². The molecular formula is C20H26N4O2S. The zero-order valence-corrected chi connectivity index (χ0v) is 17.0. The minimum atomic E-state index is -0.288. The predicted molar refractivity (Wildman–Crippen MR) is 108 cm³/mol. The van der Waals surface area contributed by atoms with Crippen LogP contribution in [0.5, 0.6) is 0 Å². The fourth-order valence-corrected chi connectivity index (χ4v) is 3.60. The molecule has 1 saturated heterocycles. The van der Waals surface area contributed by atoms with Crippen molar-refractivity contribution in [3.05, 3.63) is 54.1 Å². The van der Waals surface area contributed by atoms with E-state index >= 15 is 0 Å². The van der Waals surface area contributed by atoms with E-state index < -0.39 is 0 Å². The molecule has 2 aromatic heterocycles. The van der Waals surface area contributed by atoms with Gasteiger partial charge in [0.2, 0.25) is 0 Å². The van der Waals surface area contributed by atoms with E-state index in [1.807, 2.05) is 23.1 Å². The molecule has 2 aromatic rings. The number of ether oxygens (including phenoxy) is 1. The first-order valence-electron chi connectivity index (χ1n) is 9.13. The topological polar surface area (TPSA) is 59.4 Å². The van der Waals surface area contributed by atoms with Gasteiger partial charge in [-0.15, -0.1) is 0 Å². The van der Waals surface area contributed by atoms with Crippen molar-refractivity contribution in [1.29, 1.82) is 0 Å². The molecule has 0 bridgehead atoms. The molecule has 1 aliphatic rings. The molecule has 1 fully saturated rings. The van der Waals surface area contributed by atoms with Crippen molar-refractivity contribution in [3.63, 3.8) is 0 Å². The number of hydrogen-bond acceptors (Lipinski definition) is 4. The van der Waals surface area contributed by atoms with Gasteiger partial charge >= 0.3 is 5.97 Å². The lowest BCUT2D eigenvalue weighted by Gasteiger charge is -2.27. The van der Waals surface area contributed by atoms with Crippen LogP contribution < -0.4 is 5.32 Å². The van der Waals surface area contributed by atoms with Gasteiger partial charge in [0, 0.05) is 24.1 Å². The van der Waals surface area contributed by atoms with Crippen LogP contribution in [0, 0.1) is 0 Å². The molecular weight excluding hydrogens is 360 g/mol. The summed E-state index contributed by atoms with van der Waals surface area (Å²) < 4.78 is 7.32. The number of hydrogen-bond donors (Lipinski definition) is 1. The van der Waals surface area contributed by atoms with Gasteiger partial charge in [0.15, 0.2) is 5.11 Å². The van der Waals surface area contributed by atoms with Gasteiger partial charge in [0.1, 0.15) is 6.54 Å². The van der Waals surface area contributed by atoms with Gasteiger partial charge in [-0.2, -0.15) is 0 Å². The summed E-state index contributed by atoms with van der Waals surface area (Å²) >= 11 is 5.55. The van der Waals surface area contributed by atoms with Crippen molar-refractivity contribution >= 4 is 23.3 Å². The molecule has 3 rings (SSSR count). The summed E-state index contributed by atoms with van der Waals surface area (Å²) in [5.74, 6) is -0.288. The van der Waals surface area contributed by atoms with Crippen molar-refractivity contribution in [2.45, 2.75) is 45.3 Å². The van der Waals surface area contributed by atoms with E-state index in [0.717, 1.165) is 11.3 Å². The van der Waals surface area contributed by atoms with Crippen molar-refractivity contribution in [3.8, 4) is 0 Å². The number of nitrogens with zero attached hydrogens (tertiary/aromatic N) is 3. The third kappa shape index (κ3) is 4.13. The fraction of sp³-hybridized carbons (Fsp3) is 0.450. The molecule has 0 radical (unpaired) electrons. The highest BCUT2D eigenvalue weighted by molar-refractivity contribution is 7.80. The highest BCUT2D eigenvalue weighted by Gasteiger charge is 2.41. The van der Waals surface area contributed by atoms with Gasteiger partial charge in [-0.05, 0) is 63.7 Å². The summed E-state index contributed by atoms with van der Waals surface area (Å²) in [5, 5.41) is 3.88. The molecule has 1 N–H and O–H groups in total. The summed E-state index contributed by atoms with van der Waals surface area (Å²) in [5.41, 5.74) is 1.94. The van der Waals surface area contributed by atoms with Crippen LogP contribution in [0.1, 0.15) is 51.0 Å². The Hall–Kier alpha value is -2.41. The lowest BCUT2D eigenvalue weighted by molar-refractivity contribution is -0.143. The van der Waals surface area contributed by atoms with E-state index in [1.165, 1.54) is 0 Å². The highest BCUT2D eigenvalue weighted by atomic mass is 32.1. The molecule has 0 amide bonds. The second kappa shape index (κ2) is 7.68. The summed E-state index contributed by atoms with van der Waals surface area (Å²) in [6.07, 6.45) is 5.95. The van der Waals surface area contributed by atoms with Gasteiger partial charge in [-0.25, -0.2) is 0 Å². The molecule has 0 spiro atoms. The minimum Gasteiger partial charge on any atom is -0.465 e. The van der Waals surface area contributed by atoms with E-state index in [0.29, 0.717) is 11.7 Å². The number of carbonyl (C=O) groups is 1. The maximum absolute atomic E-state index is 12.2. The first-order chi connectivity index (χ1) is 12.8. The number of aromatic nitrogens is 2. The lowest BCUT2D eigenvalue weighted by atomic mass is 9.99. The number of esters is 1. The van der Waals surface area contributed by atoms with E-state index in [-0.39, 0.29) is 30.1 Å². The first-order valence-corrected chi connectivity index (χ1v) is 9.54. The Bertz CT molecular complexity index is 813. The Morgan fingerprint density at radius 2 is 2.11 bits per heavy atom. The molecule has 2 unspecified atom stereocenters. The average molecular weight is 387 g/mol. The highest BCUT2D eigenvalue weighted by Crippen LogP contribution is 2.39. The molecule has 7 heteroatoms. The molecule has 0 saturated carbocycles. The Labute approximate surface area is 165 Å². The molecule has 1 aliphatic heterocycles. The smallest absolute Gasteiger partial charge is 0.325 e. The maximum atomic E-state index is 12.2. The number of thiocarbonyl (C=S) groups is 1. The quantitative estimate of drug-likeness (QED) is 0.629. The lowest BCUT2D eigenvalue weighted by Crippen LogP contribution is -2.35. The largest absolute Gasteiger partial charge is 0.465 e. The summed E-state index contributed by atoms with van der Waals surface area (Å²) in [7, 11) is 0. The van der Waals surface area contributed by atoms with E-state index in [4.69, 9.17) is 17.0 Å². The van der Waals surface area contributed by atoms with E-state index in [2.05, 4.69) is 54.1 Å².